The number of carbonyl (C=O) groups excluding carboxylic acids is 1. The van der Waals surface area contributed by atoms with Gasteiger partial charge in [0, 0.05) is 44.7 Å². The summed E-state index contributed by atoms with van der Waals surface area (Å²) in [4.78, 5) is 17.2. The van der Waals surface area contributed by atoms with E-state index in [0.29, 0.717) is 0 Å². The van der Waals surface area contributed by atoms with Crippen molar-refractivity contribution in [3.05, 3.63) is 35.6 Å². The molecule has 2 fully saturated rings. The van der Waals surface area contributed by atoms with Crippen LogP contribution < -0.4 is 0 Å². The predicted octanol–water partition coefficient (Wildman–Crippen LogP) is 2.42. The molecule has 1 saturated heterocycles. The van der Waals surface area contributed by atoms with Gasteiger partial charge < -0.3 is 4.90 Å². The molecule has 0 aromatic heterocycles. The third-order valence-corrected chi connectivity index (χ3v) is 4.59. The highest BCUT2D eigenvalue weighted by Gasteiger charge is 2.31. The molecule has 2 aliphatic rings. The summed E-state index contributed by atoms with van der Waals surface area (Å²) >= 11 is 0. The monoisotopic (exact) mass is 290 g/mol. The number of ketones is 1. The van der Waals surface area contributed by atoms with Crippen molar-refractivity contribution in [1.82, 2.24) is 9.80 Å². The number of hydrogen-bond acceptors (Lipinski definition) is 3. The van der Waals surface area contributed by atoms with Crippen molar-refractivity contribution in [2.45, 2.75) is 25.8 Å². The van der Waals surface area contributed by atoms with Gasteiger partial charge in [-0.3, -0.25) is 9.69 Å². The Bertz CT molecular complexity index is 507. The largest absolute Gasteiger partial charge is 0.300 e. The van der Waals surface area contributed by atoms with Crippen LogP contribution in [-0.4, -0.2) is 54.3 Å². The zero-order chi connectivity index (χ0) is 14.8. The van der Waals surface area contributed by atoms with Crippen molar-refractivity contribution in [3.63, 3.8) is 0 Å². The number of nitrogens with zero attached hydrogens (tertiary/aromatic N) is 2. The Morgan fingerprint density at radius 3 is 2.52 bits per heavy atom. The van der Waals surface area contributed by atoms with Gasteiger partial charge in [-0.2, -0.15) is 0 Å². The smallest absolute Gasteiger partial charge is 0.169 e. The minimum absolute atomic E-state index is 0.0854. The zero-order valence-electron chi connectivity index (χ0n) is 12.6. The van der Waals surface area contributed by atoms with E-state index in [0.717, 1.165) is 38.8 Å². The van der Waals surface area contributed by atoms with E-state index >= 15 is 0 Å². The molecule has 1 heterocycles. The first-order chi connectivity index (χ1) is 10.1. The summed E-state index contributed by atoms with van der Waals surface area (Å²) in [5, 5.41) is 0. The summed E-state index contributed by atoms with van der Waals surface area (Å²) in [6.45, 7) is 6.88. The molecule has 0 radical (unpaired) electrons. The first-order valence-corrected chi connectivity index (χ1v) is 7.90. The maximum absolute atomic E-state index is 13.7. The van der Waals surface area contributed by atoms with Crippen molar-refractivity contribution in [1.29, 1.82) is 0 Å². The molecule has 1 saturated carbocycles. The second kappa shape index (κ2) is 6.24. The predicted molar refractivity (Wildman–Crippen MR) is 80.9 cm³/mol. The van der Waals surface area contributed by atoms with Crippen LogP contribution in [0.3, 0.4) is 0 Å². The number of halogens is 1. The van der Waals surface area contributed by atoms with Crippen LogP contribution in [-0.2, 0) is 0 Å². The summed E-state index contributed by atoms with van der Waals surface area (Å²) in [7, 11) is 0. The van der Waals surface area contributed by atoms with Gasteiger partial charge in [-0.05, 0) is 25.0 Å². The lowest BCUT2D eigenvalue weighted by Gasteiger charge is -2.35. The van der Waals surface area contributed by atoms with Gasteiger partial charge in [0.15, 0.2) is 5.78 Å². The van der Waals surface area contributed by atoms with Gasteiger partial charge in [-0.15, -0.1) is 0 Å². The summed E-state index contributed by atoms with van der Waals surface area (Å²) < 4.78 is 13.7. The number of benzene rings is 1. The third-order valence-electron chi connectivity index (χ3n) is 4.59. The maximum atomic E-state index is 13.7. The SMILES string of the molecule is CC(CN1CCN(C2CC2)CC1)C(=O)c1ccccc1F. The van der Waals surface area contributed by atoms with E-state index in [1.165, 1.54) is 18.9 Å². The van der Waals surface area contributed by atoms with Crippen LogP contribution in [0.4, 0.5) is 4.39 Å². The van der Waals surface area contributed by atoms with Crippen LogP contribution >= 0.6 is 0 Å². The minimum Gasteiger partial charge on any atom is -0.300 e. The van der Waals surface area contributed by atoms with Gasteiger partial charge >= 0.3 is 0 Å². The molecule has 1 aromatic rings. The molecule has 3 rings (SSSR count). The average Bonchev–Trinajstić information content (AvgIpc) is 3.32. The molecule has 1 atom stereocenters. The van der Waals surface area contributed by atoms with Crippen molar-refractivity contribution >= 4 is 5.78 Å². The topological polar surface area (TPSA) is 23.6 Å². The van der Waals surface area contributed by atoms with E-state index in [9.17, 15) is 9.18 Å². The van der Waals surface area contributed by atoms with E-state index in [1.807, 2.05) is 6.92 Å². The molecule has 1 aliphatic carbocycles. The molecule has 0 amide bonds. The molecule has 4 heteroatoms. The molecule has 1 aromatic carbocycles. The van der Waals surface area contributed by atoms with Crippen LogP contribution in [0.2, 0.25) is 0 Å². The molecule has 0 spiro atoms. The molecule has 1 aliphatic heterocycles. The lowest BCUT2D eigenvalue weighted by molar-refractivity contribution is 0.0821. The number of hydrogen-bond donors (Lipinski definition) is 0. The quantitative estimate of drug-likeness (QED) is 0.778. The first kappa shape index (κ1) is 14.7. The standard InChI is InChI=1S/C17H23FN2O/c1-13(17(21)15-4-2-3-5-16(15)18)12-19-8-10-20(11-9-19)14-6-7-14/h2-5,13-14H,6-12H2,1H3. The second-order valence-corrected chi connectivity index (χ2v) is 6.31. The summed E-state index contributed by atoms with van der Waals surface area (Å²) in [6, 6.07) is 7.10. The van der Waals surface area contributed by atoms with Crippen LogP contribution in [0.1, 0.15) is 30.1 Å². The van der Waals surface area contributed by atoms with E-state index in [2.05, 4.69) is 9.80 Å². The Hall–Kier alpha value is -1.26. The fourth-order valence-electron chi connectivity index (χ4n) is 3.15. The molecule has 3 nitrogen and oxygen atoms in total. The van der Waals surface area contributed by atoms with Crippen LogP contribution in [0.25, 0.3) is 0 Å². The maximum Gasteiger partial charge on any atom is 0.169 e. The first-order valence-electron chi connectivity index (χ1n) is 7.90. The summed E-state index contributed by atoms with van der Waals surface area (Å²) in [5.41, 5.74) is 0.224. The lowest BCUT2D eigenvalue weighted by atomic mass is 9.98. The van der Waals surface area contributed by atoms with E-state index in [4.69, 9.17) is 0 Å². The second-order valence-electron chi connectivity index (χ2n) is 6.31. The fourth-order valence-corrected chi connectivity index (χ4v) is 3.15. The Kier molecular flexibility index (Phi) is 4.36. The van der Waals surface area contributed by atoms with Gasteiger partial charge in [0.25, 0.3) is 0 Å². The Balaban J connectivity index is 1.53. The Morgan fingerprint density at radius 1 is 1.24 bits per heavy atom. The Labute approximate surface area is 125 Å². The van der Waals surface area contributed by atoms with Crippen LogP contribution in [0, 0.1) is 11.7 Å². The highest BCUT2D eigenvalue weighted by Crippen LogP contribution is 2.27. The molecule has 114 valence electrons. The number of piperazine rings is 1. The fraction of sp³-hybridized carbons (Fsp3) is 0.588. The average molecular weight is 290 g/mol. The minimum atomic E-state index is -0.409. The summed E-state index contributed by atoms with van der Waals surface area (Å²) in [5.74, 6) is -0.653. The molecule has 0 bridgehead atoms. The molecule has 21 heavy (non-hydrogen) atoms. The highest BCUT2D eigenvalue weighted by atomic mass is 19.1. The van der Waals surface area contributed by atoms with E-state index < -0.39 is 5.82 Å². The summed E-state index contributed by atoms with van der Waals surface area (Å²) in [6.07, 6.45) is 2.70. The van der Waals surface area contributed by atoms with E-state index in [-0.39, 0.29) is 17.3 Å². The van der Waals surface area contributed by atoms with Crippen molar-refractivity contribution in [2.24, 2.45) is 5.92 Å². The van der Waals surface area contributed by atoms with Crippen LogP contribution in [0.5, 0.6) is 0 Å². The Morgan fingerprint density at radius 2 is 1.90 bits per heavy atom. The van der Waals surface area contributed by atoms with Gasteiger partial charge in [-0.1, -0.05) is 19.1 Å². The molecule has 0 N–H and O–H groups in total. The normalized spacial score (nSPS) is 22.2. The van der Waals surface area contributed by atoms with E-state index in [1.54, 1.807) is 18.2 Å². The highest BCUT2D eigenvalue weighted by molar-refractivity contribution is 5.98. The zero-order valence-corrected chi connectivity index (χ0v) is 12.6. The van der Waals surface area contributed by atoms with Gasteiger partial charge in [0.2, 0.25) is 0 Å². The van der Waals surface area contributed by atoms with Crippen molar-refractivity contribution in [2.75, 3.05) is 32.7 Å². The van der Waals surface area contributed by atoms with Gasteiger partial charge in [0.05, 0.1) is 5.56 Å². The van der Waals surface area contributed by atoms with Crippen molar-refractivity contribution in [3.8, 4) is 0 Å². The number of Topliss-reactive ketones (excluding diaryl/α,β-unsaturated/α-hetero) is 1. The lowest BCUT2D eigenvalue weighted by Crippen LogP contribution is -2.48. The molecular formula is C17H23FN2O. The van der Waals surface area contributed by atoms with Gasteiger partial charge in [0.1, 0.15) is 5.82 Å². The molecule has 1 unspecified atom stereocenters. The van der Waals surface area contributed by atoms with Gasteiger partial charge in [-0.25, -0.2) is 4.39 Å². The third kappa shape index (κ3) is 3.50. The van der Waals surface area contributed by atoms with Crippen LogP contribution in [0.15, 0.2) is 24.3 Å². The van der Waals surface area contributed by atoms with Crippen molar-refractivity contribution < 1.29 is 9.18 Å². The number of carbonyl (C=O) groups is 1. The number of rotatable bonds is 5. The molecular weight excluding hydrogens is 267 g/mol.